The van der Waals surface area contributed by atoms with Crippen molar-refractivity contribution in [3.8, 4) is 11.3 Å². The lowest BCUT2D eigenvalue weighted by atomic mass is 9.98. The summed E-state index contributed by atoms with van der Waals surface area (Å²) in [5.74, 6) is -0.379. The van der Waals surface area contributed by atoms with E-state index in [9.17, 15) is 4.39 Å². The van der Waals surface area contributed by atoms with E-state index in [1.807, 2.05) is 18.2 Å². The van der Waals surface area contributed by atoms with Gasteiger partial charge in [0, 0.05) is 36.3 Å². The van der Waals surface area contributed by atoms with E-state index in [4.69, 9.17) is 16.6 Å². The van der Waals surface area contributed by atoms with Crippen LogP contribution < -0.4 is 0 Å². The first-order valence-electron chi connectivity index (χ1n) is 9.61. The average molecular weight is 404 g/mol. The van der Waals surface area contributed by atoms with Crippen molar-refractivity contribution in [2.75, 3.05) is 0 Å². The monoisotopic (exact) mass is 403 g/mol. The molecule has 4 aromatic rings. The third kappa shape index (κ3) is 3.28. The molecule has 1 aliphatic heterocycles. The molecule has 2 aromatic carbocycles. The summed E-state index contributed by atoms with van der Waals surface area (Å²) in [7, 11) is 0. The Hall–Kier alpha value is -2.82. The van der Waals surface area contributed by atoms with Crippen molar-refractivity contribution >= 4 is 22.5 Å². The average Bonchev–Trinajstić information content (AvgIpc) is 3.17. The van der Waals surface area contributed by atoms with Gasteiger partial charge in [-0.3, -0.25) is 9.88 Å². The molecule has 1 aliphatic rings. The molecule has 3 heterocycles. The van der Waals surface area contributed by atoms with Crippen molar-refractivity contribution in [1.29, 1.82) is 0 Å². The topological polar surface area (TPSA) is 29.0 Å². The van der Waals surface area contributed by atoms with Gasteiger partial charge in [-0.15, -0.1) is 0 Å². The van der Waals surface area contributed by atoms with Crippen molar-refractivity contribution in [3.63, 3.8) is 0 Å². The number of fused-ring (bicyclic) bond motifs is 2. The number of para-hydroxylation sites is 1. The van der Waals surface area contributed by atoms with Gasteiger partial charge >= 0.3 is 0 Å². The first-order valence-corrected chi connectivity index (χ1v) is 9.99. The second-order valence-corrected chi connectivity index (χ2v) is 7.89. The number of hydrogen-bond donors (Lipinski definition) is 0. The van der Waals surface area contributed by atoms with Gasteiger partial charge in [0.2, 0.25) is 0 Å². The van der Waals surface area contributed by atoms with Gasteiger partial charge in [-0.05, 0) is 41.8 Å². The summed E-state index contributed by atoms with van der Waals surface area (Å²) >= 11 is 6.41. The Bertz CT molecular complexity index is 1200. The SMILES string of the molecule is C[C@@H](c1cc2cccc(Cl)c2nc1-c1cncc(F)c1)N1Cc2ccccc2C1. The summed E-state index contributed by atoms with van der Waals surface area (Å²) in [4.78, 5) is 11.3. The van der Waals surface area contributed by atoms with Gasteiger partial charge in [-0.25, -0.2) is 9.37 Å². The number of hydrogen-bond acceptors (Lipinski definition) is 3. The van der Waals surface area contributed by atoms with Crippen LogP contribution in [-0.4, -0.2) is 14.9 Å². The van der Waals surface area contributed by atoms with Crippen molar-refractivity contribution in [3.05, 3.63) is 94.5 Å². The number of nitrogens with zero attached hydrogens (tertiary/aromatic N) is 3. The summed E-state index contributed by atoms with van der Waals surface area (Å²) in [6.45, 7) is 3.94. The summed E-state index contributed by atoms with van der Waals surface area (Å²) in [5, 5.41) is 1.56. The van der Waals surface area contributed by atoms with Crippen LogP contribution in [0.15, 0.2) is 67.0 Å². The molecule has 5 rings (SSSR count). The molecule has 1 atom stereocenters. The van der Waals surface area contributed by atoms with Gasteiger partial charge in [-0.2, -0.15) is 0 Å². The van der Waals surface area contributed by atoms with E-state index in [1.165, 1.54) is 23.4 Å². The van der Waals surface area contributed by atoms with E-state index >= 15 is 0 Å². The maximum Gasteiger partial charge on any atom is 0.142 e. The zero-order chi connectivity index (χ0) is 20.0. The Kier molecular flexibility index (Phi) is 4.53. The second-order valence-electron chi connectivity index (χ2n) is 7.48. The highest BCUT2D eigenvalue weighted by atomic mass is 35.5. The fraction of sp³-hybridized carbons (Fsp3) is 0.167. The lowest BCUT2D eigenvalue weighted by Crippen LogP contribution is -2.21. The van der Waals surface area contributed by atoms with Crippen molar-refractivity contribution in [1.82, 2.24) is 14.9 Å². The van der Waals surface area contributed by atoms with Crippen LogP contribution in [0.3, 0.4) is 0 Å². The Morgan fingerprint density at radius 2 is 1.76 bits per heavy atom. The fourth-order valence-electron chi connectivity index (χ4n) is 4.10. The molecule has 29 heavy (non-hydrogen) atoms. The minimum Gasteiger partial charge on any atom is -0.288 e. The van der Waals surface area contributed by atoms with Crippen LogP contribution in [-0.2, 0) is 13.1 Å². The quantitative estimate of drug-likeness (QED) is 0.410. The molecule has 0 aliphatic carbocycles. The fourth-order valence-corrected chi connectivity index (χ4v) is 4.32. The standard InChI is InChI=1S/C24H19ClFN3/c1-15(29-13-17-5-2-3-6-18(17)14-29)21-10-16-7-4-8-22(25)24(16)28-23(21)19-9-20(26)12-27-11-19/h2-12,15H,13-14H2,1H3/t15-/m0/s1. The summed E-state index contributed by atoms with van der Waals surface area (Å²) in [5.41, 5.74) is 5.84. The minimum absolute atomic E-state index is 0.0940. The third-order valence-electron chi connectivity index (χ3n) is 5.67. The molecule has 0 N–H and O–H groups in total. The molecule has 0 saturated heterocycles. The van der Waals surface area contributed by atoms with E-state index in [0.29, 0.717) is 16.1 Å². The largest absolute Gasteiger partial charge is 0.288 e. The van der Waals surface area contributed by atoms with Crippen LogP contribution >= 0.6 is 11.6 Å². The molecule has 144 valence electrons. The van der Waals surface area contributed by atoms with Crippen LogP contribution in [0, 0.1) is 5.82 Å². The molecule has 2 aromatic heterocycles. The van der Waals surface area contributed by atoms with Crippen LogP contribution in [0.2, 0.25) is 5.02 Å². The number of pyridine rings is 2. The highest BCUT2D eigenvalue weighted by molar-refractivity contribution is 6.35. The molecule has 3 nitrogen and oxygen atoms in total. The van der Waals surface area contributed by atoms with Gasteiger partial charge < -0.3 is 0 Å². The first kappa shape index (κ1) is 18.2. The maximum atomic E-state index is 13.9. The Morgan fingerprint density at radius 3 is 2.48 bits per heavy atom. The number of halogens is 2. The van der Waals surface area contributed by atoms with E-state index in [-0.39, 0.29) is 11.9 Å². The van der Waals surface area contributed by atoms with Crippen molar-refractivity contribution in [2.24, 2.45) is 0 Å². The number of benzene rings is 2. The molecular weight excluding hydrogens is 385 g/mol. The van der Waals surface area contributed by atoms with Gasteiger partial charge in [0.05, 0.1) is 22.4 Å². The van der Waals surface area contributed by atoms with E-state index in [0.717, 1.165) is 29.7 Å². The molecule has 0 bridgehead atoms. The minimum atomic E-state index is -0.379. The Balaban J connectivity index is 1.65. The molecular formula is C24H19ClFN3. The van der Waals surface area contributed by atoms with E-state index in [1.54, 1.807) is 6.20 Å². The predicted octanol–water partition coefficient (Wildman–Crippen LogP) is 6.17. The summed E-state index contributed by atoms with van der Waals surface area (Å²) < 4.78 is 13.9. The molecule has 0 saturated carbocycles. The van der Waals surface area contributed by atoms with Gasteiger partial charge in [0.25, 0.3) is 0 Å². The summed E-state index contributed by atoms with van der Waals surface area (Å²) in [6.07, 6.45) is 2.86. The van der Waals surface area contributed by atoms with Crippen LogP contribution in [0.4, 0.5) is 4.39 Å². The van der Waals surface area contributed by atoms with Crippen LogP contribution in [0.1, 0.15) is 29.7 Å². The number of rotatable bonds is 3. The summed E-state index contributed by atoms with van der Waals surface area (Å²) in [6, 6.07) is 18.0. The van der Waals surface area contributed by atoms with E-state index < -0.39 is 0 Å². The van der Waals surface area contributed by atoms with Crippen molar-refractivity contribution in [2.45, 2.75) is 26.1 Å². The van der Waals surface area contributed by atoms with Crippen LogP contribution in [0.5, 0.6) is 0 Å². The maximum absolute atomic E-state index is 13.9. The smallest absolute Gasteiger partial charge is 0.142 e. The molecule has 0 unspecified atom stereocenters. The van der Waals surface area contributed by atoms with Gasteiger partial charge in [-0.1, -0.05) is 48.0 Å². The van der Waals surface area contributed by atoms with E-state index in [2.05, 4.69) is 47.1 Å². The third-order valence-corrected chi connectivity index (χ3v) is 5.97. The molecule has 0 spiro atoms. The molecule has 5 heteroatoms. The first-order chi connectivity index (χ1) is 14.1. The zero-order valence-corrected chi connectivity index (χ0v) is 16.7. The van der Waals surface area contributed by atoms with Crippen LogP contribution in [0.25, 0.3) is 22.2 Å². The highest BCUT2D eigenvalue weighted by Gasteiger charge is 2.26. The van der Waals surface area contributed by atoms with Gasteiger partial charge in [0.15, 0.2) is 0 Å². The Morgan fingerprint density at radius 1 is 1.00 bits per heavy atom. The normalized spacial score (nSPS) is 14.9. The molecule has 0 fully saturated rings. The highest BCUT2D eigenvalue weighted by Crippen LogP contribution is 2.37. The van der Waals surface area contributed by atoms with Crippen molar-refractivity contribution < 1.29 is 4.39 Å². The zero-order valence-electron chi connectivity index (χ0n) is 15.9. The molecule has 0 amide bonds. The number of aromatic nitrogens is 2. The van der Waals surface area contributed by atoms with Gasteiger partial charge in [0.1, 0.15) is 5.82 Å². The predicted molar refractivity (Wildman–Crippen MR) is 114 cm³/mol. The Labute approximate surface area is 173 Å². The lowest BCUT2D eigenvalue weighted by molar-refractivity contribution is 0.215. The molecule has 0 radical (unpaired) electrons. The second kappa shape index (κ2) is 7.21. The lowest BCUT2D eigenvalue weighted by Gasteiger charge is -2.26.